The van der Waals surface area contributed by atoms with Crippen molar-refractivity contribution in [3.63, 3.8) is 0 Å². The maximum atomic E-state index is 13.0. The highest BCUT2D eigenvalue weighted by atomic mass is 32.2. The minimum atomic E-state index is -3.68. The number of hydrogen-bond acceptors (Lipinski definition) is 3. The molecular formula is C20H25N3O2S. The van der Waals surface area contributed by atoms with Gasteiger partial charge in [0.25, 0.3) is 10.0 Å². The number of pyridine rings is 1. The van der Waals surface area contributed by atoms with Crippen molar-refractivity contribution in [1.29, 1.82) is 0 Å². The molecular weight excluding hydrogens is 346 g/mol. The number of sulfonamides is 1. The average molecular weight is 372 g/mol. The topological polar surface area (TPSA) is 64.0 Å². The highest BCUT2D eigenvalue weighted by molar-refractivity contribution is 7.93. The van der Waals surface area contributed by atoms with E-state index in [0.29, 0.717) is 16.7 Å². The van der Waals surface area contributed by atoms with Crippen molar-refractivity contribution in [2.75, 3.05) is 4.72 Å². The zero-order chi connectivity index (χ0) is 18.6. The Morgan fingerprint density at radius 3 is 2.54 bits per heavy atom. The van der Waals surface area contributed by atoms with Crippen LogP contribution in [0, 0.1) is 0 Å². The zero-order valence-corrected chi connectivity index (χ0v) is 16.1. The number of benzene rings is 1. The first-order valence-corrected chi connectivity index (χ1v) is 10.6. The molecule has 0 spiro atoms. The maximum absolute atomic E-state index is 13.0. The predicted octanol–water partition coefficient (Wildman–Crippen LogP) is 4.59. The summed E-state index contributed by atoms with van der Waals surface area (Å²) in [6.07, 6.45) is 7.55. The van der Waals surface area contributed by atoms with Crippen LogP contribution in [0.3, 0.4) is 0 Å². The molecule has 3 rings (SSSR count). The number of nitrogens with one attached hydrogen (secondary N) is 1. The highest BCUT2D eigenvalue weighted by Gasteiger charge is 2.21. The molecule has 1 aromatic carbocycles. The lowest BCUT2D eigenvalue weighted by molar-refractivity contribution is 0.597. The number of rotatable bonds is 8. The van der Waals surface area contributed by atoms with Crippen LogP contribution >= 0.6 is 0 Å². The first-order valence-electron chi connectivity index (χ1n) is 9.10. The van der Waals surface area contributed by atoms with E-state index in [9.17, 15) is 8.42 Å². The smallest absolute Gasteiger partial charge is 0.264 e. The zero-order valence-electron chi connectivity index (χ0n) is 15.3. The van der Waals surface area contributed by atoms with E-state index in [0.717, 1.165) is 32.2 Å². The second kappa shape index (κ2) is 7.91. The Morgan fingerprint density at radius 2 is 1.85 bits per heavy atom. The molecule has 0 saturated heterocycles. The van der Waals surface area contributed by atoms with Gasteiger partial charge in [-0.2, -0.15) is 0 Å². The summed E-state index contributed by atoms with van der Waals surface area (Å²) in [4.78, 5) is 4.67. The second-order valence-electron chi connectivity index (χ2n) is 6.42. The third-order valence-corrected chi connectivity index (χ3v) is 5.91. The number of aryl methyl sites for hydroxylation is 2. The van der Waals surface area contributed by atoms with Gasteiger partial charge in [-0.3, -0.25) is 4.72 Å². The lowest BCUT2D eigenvalue weighted by Gasteiger charge is -2.07. The Hall–Kier alpha value is -2.34. The van der Waals surface area contributed by atoms with Crippen LogP contribution in [0.1, 0.15) is 38.7 Å². The number of nitrogens with zero attached hydrogens (tertiary/aromatic N) is 2. The quantitative estimate of drug-likeness (QED) is 0.589. The van der Waals surface area contributed by atoms with E-state index < -0.39 is 10.0 Å². The number of aromatic nitrogens is 2. The summed E-state index contributed by atoms with van der Waals surface area (Å²) in [5.41, 5.74) is 2.45. The summed E-state index contributed by atoms with van der Waals surface area (Å²) in [7, 11) is -3.68. The van der Waals surface area contributed by atoms with E-state index in [1.54, 1.807) is 30.6 Å². The van der Waals surface area contributed by atoms with E-state index in [1.165, 1.54) is 5.56 Å². The largest absolute Gasteiger partial charge is 0.331 e. The van der Waals surface area contributed by atoms with Crippen LogP contribution < -0.4 is 4.72 Å². The molecule has 0 saturated carbocycles. The molecule has 2 aromatic heterocycles. The molecule has 0 bridgehead atoms. The van der Waals surface area contributed by atoms with Gasteiger partial charge in [0.15, 0.2) is 0 Å². The van der Waals surface area contributed by atoms with Gasteiger partial charge in [-0.05, 0) is 42.7 Å². The van der Waals surface area contributed by atoms with Crippen LogP contribution in [0.5, 0.6) is 0 Å². The molecule has 0 aliphatic carbocycles. The van der Waals surface area contributed by atoms with Crippen molar-refractivity contribution in [3.8, 4) is 0 Å². The molecule has 5 nitrogen and oxygen atoms in total. The Kier molecular flexibility index (Phi) is 5.61. The molecule has 0 unspecified atom stereocenters. The fourth-order valence-corrected chi connectivity index (χ4v) is 4.30. The van der Waals surface area contributed by atoms with Crippen LogP contribution in [0.25, 0.3) is 11.0 Å². The van der Waals surface area contributed by atoms with Gasteiger partial charge < -0.3 is 4.57 Å². The molecule has 0 amide bonds. The van der Waals surface area contributed by atoms with Crippen molar-refractivity contribution in [2.24, 2.45) is 0 Å². The third-order valence-electron chi connectivity index (χ3n) is 4.50. The van der Waals surface area contributed by atoms with E-state index >= 15 is 0 Å². The van der Waals surface area contributed by atoms with Crippen LogP contribution in [-0.2, 0) is 23.0 Å². The maximum Gasteiger partial charge on any atom is 0.264 e. The Bertz CT molecular complexity index is 976. The first kappa shape index (κ1) is 18.5. The summed E-state index contributed by atoms with van der Waals surface area (Å²) in [6, 6.07) is 11.1. The molecule has 1 N–H and O–H groups in total. The standard InChI is InChI=1S/C20H25N3O2S/c1-3-5-6-14-23-15-19(18-8-7-13-21-20(18)23)26(24,25)22-17-11-9-16(4-2)10-12-17/h7-13,15,22H,3-6,14H2,1-2H3. The van der Waals surface area contributed by atoms with E-state index in [-0.39, 0.29) is 4.90 Å². The predicted molar refractivity (Wildman–Crippen MR) is 106 cm³/mol. The van der Waals surface area contributed by atoms with Gasteiger partial charge >= 0.3 is 0 Å². The van der Waals surface area contributed by atoms with Crippen molar-refractivity contribution in [2.45, 2.75) is 51.0 Å². The van der Waals surface area contributed by atoms with Gasteiger partial charge in [-0.25, -0.2) is 13.4 Å². The summed E-state index contributed by atoms with van der Waals surface area (Å²) >= 11 is 0. The van der Waals surface area contributed by atoms with E-state index in [2.05, 4.69) is 23.6 Å². The van der Waals surface area contributed by atoms with Crippen LogP contribution in [-0.4, -0.2) is 18.0 Å². The molecule has 2 heterocycles. The summed E-state index contributed by atoms with van der Waals surface area (Å²) in [5.74, 6) is 0. The minimum Gasteiger partial charge on any atom is -0.331 e. The fraction of sp³-hybridized carbons (Fsp3) is 0.350. The van der Waals surface area contributed by atoms with Gasteiger partial charge in [-0.15, -0.1) is 0 Å². The summed E-state index contributed by atoms with van der Waals surface area (Å²) < 4.78 is 30.6. The monoisotopic (exact) mass is 371 g/mol. The van der Waals surface area contributed by atoms with Crippen molar-refractivity contribution in [3.05, 3.63) is 54.4 Å². The first-order chi connectivity index (χ1) is 12.5. The van der Waals surface area contributed by atoms with Crippen LogP contribution in [0.2, 0.25) is 0 Å². The van der Waals surface area contributed by atoms with Gasteiger partial charge in [0, 0.05) is 30.0 Å². The minimum absolute atomic E-state index is 0.275. The molecule has 26 heavy (non-hydrogen) atoms. The molecule has 0 radical (unpaired) electrons. The van der Waals surface area contributed by atoms with Gasteiger partial charge in [0.05, 0.1) is 0 Å². The van der Waals surface area contributed by atoms with Crippen molar-refractivity contribution in [1.82, 2.24) is 9.55 Å². The molecule has 0 aliphatic rings. The Balaban J connectivity index is 1.94. The number of anilines is 1. The number of unbranched alkanes of at least 4 members (excludes halogenated alkanes) is 2. The van der Waals surface area contributed by atoms with Gasteiger partial charge in [0.2, 0.25) is 0 Å². The van der Waals surface area contributed by atoms with Crippen molar-refractivity contribution < 1.29 is 8.42 Å². The third kappa shape index (κ3) is 3.90. The van der Waals surface area contributed by atoms with Crippen LogP contribution in [0.4, 0.5) is 5.69 Å². The average Bonchev–Trinajstić information content (AvgIpc) is 3.02. The molecule has 138 valence electrons. The van der Waals surface area contributed by atoms with E-state index in [1.807, 2.05) is 22.8 Å². The molecule has 0 aliphatic heterocycles. The Morgan fingerprint density at radius 1 is 1.08 bits per heavy atom. The highest BCUT2D eigenvalue weighted by Crippen LogP contribution is 2.26. The second-order valence-corrected chi connectivity index (χ2v) is 8.08. The number of hydrogen-bond donors (Lipinski definition) is 1. The van der Waals surface area contributed by atoms with Crippen LogP contribution in [0.15, 0.2) is 53.7 Å². The lowest BCUT2D eigenvalue weighted by Crippen LogP contribution is -2.12. The summed E-state index contributed by atoms with van der Waals surface area (Å²) in [5, 5.41) is 0.654. The molecule has 0 fully saturated rings. The summed E-state index contributed by atoms with van der Waals surface area (Å²) in [6.45, 7) is 4.98. The normalized spacial score (nSPS) is 11.8. The Labute approximate surface area is 155 Å². The molecule has 0 atom stereocenters. The van der Waals surface area contributed by atoms with Crippen molar-refractivity contribution >= 4 is 26.7 Å². The van der Waals surface area contributed by atoms with Gasteiger partial charge in [0.1, 0.15) is 10.5 Å². The number of fused-ring (bicyclic) bond motifs is 1. The van der Waals surface area contributed by atoms with E-state index in [4.69, 9.17) is 0 Å². The van der Waals surface area contributed by atoms with Gasteiger partial charge in [-0.1, -0.05) is 38.8 Å². The fourth-order valence-electron chi connectivity index (χ4n) is 3.03. The lowest BCUT2D eigenvalue weighted by atomic mass is 10.2. The molecule has 3 aromatic rings. The molecule has 6 heteroatoms. The SMILES string of the molecule is CCCCCn1cc(S(=O)(=O)Nc2ccc(CC)cc2)c2cccnc21.